The molecule has 2 rings (SSSR count). The second-order valence-corrected chi connectivity index (χ2v) is 8.25. The highest BCUT2D eigenvalue weighted by molar-refractivity contribution is 5.79. The third kappa shape index (κ3) is 8.14. The number of benzene rings is 1. The van der Waals surface area contributed by atoms with Crippen LogP contribution in [-0.4, -0.2) is 73.8 Å². The molecule has 0 aliphatic carbocycles. The predicted molar refractivity (Wildman–Crippen MR) is 113 cm³/mol. The van der Waals surface area contributed by atoms with Crippen molar-refractivity contribution >= 4 is 12.1 Å². The van der Waals surface area contributed by atoms with Gasteiger partial charge in [0, 0.05) is 51.9 Å². The summed E-state index contributed by atoms with van der Waals surface area (Å²) in [6.07, 6.45) is 0.634. The fourth-order valence-corrected chi connectivity index (χ4v) is 3.07. The Labute approximate surface area is 177 Å². The number of aliphatic imine (C=N–C) groups is 1. The maximum atomic E-state index is 13.7. The molecule has 7 nitrogen and oxygen atoms in total. The van der Waals surface area contributed by atoms with Crippen molar-refractivity contribution in [3.8, 4) is 0 Å². The van der Waals surface area contributed by atoms with E-state index in [2.05, 4.69) is 20.5 Å². The molecule has 0 atom stereocenters. The summed E-state index contributed by atoms with van der Waals surface area (Å²) in [6, 6.07) is 3.39. The number of hydrogen-bond acceptors (Lipinski definition) is 4. The predicted octanol–water partition coefficient (Wildman–Crippen LogP) is 2.57. The standard InChI is InChI=1S/C21H33F2N5O2/c1-21(2,3)30-20(29)28-12-10-27(11-13-28)9-5-8-25-19(24-4)26-15-16-14-17(22)6-7-18(16)23/h6-7,14H,5,8-13,15H2,1-4H3,(H2,24,25,26). The first kappa shape index (κ1) is 23.9. The molecule has 0 spiro atoms. The maximum Gasteiger partial charge on any atom is 0.410 e. The van der Waals surface area contributed by atoms with E-state index in [0.29, 0.717) is 25.6 Å². The maximum absolute atomic E-state index is 13.7. The molecular formula is C21H33F2N5O2. The van der Waals surface area contributed by atoms with Crippen molar-refractivity contribution in [1.82, 2.24) is 20.4 Å². The fraction of sp³-hybridized carbons (Fsp3) is 0.619. The monoisotopic (exact) mass is 425 g/mol. The van der Waals surface area contributed by atoms with Crippen LogP contribution in [0.15, 0.2) is 23.2 Å². The summed E-state index contributed by atoms with van der Waals surface area (Å²) in [7, 11) is 1.63. The van der Waals surface area contributed by atoms with Crippen molar-refractivity contribution in [2.24, 2.45) is 4.99 Å². The number of nitrogens with zero attached hydrogens (tertiary/aromatic N) is 3. The van der Waals surface area contributed by atoms with E-state index < -0.39 is 17.2 Å². The lowest BCUT2D eigenvalue weighted by Crippen LogP contribution is -2.50. The average molecular weight is 426 g/mol. The van der Waals surface area contributed by atoms with Crippen LogP contribution in [0.1, 0.15) is 32.8 Å². The van der Waals surface area contributed by atoms with Gasteiger partial charge in [0.1, 0.15) is 17.2 Å². The Balaban J connectivity index is 1.64. The Hall–Kier alpha value is -2.42. The highest BCUT2D eigenvalue weighted by Gasteiger charge is 2.25. The van der Waals surface area contributed by atoms with Crippen molar-refractivity contribution in [2.45, 2.75) is 39.3 Å². The van der Waals surface area contributed by atoms with Gasteiger partial charge in [-0.15, -0.1) is 0 Å². The van der Waals surface area contributed by atoms with Gasteiger partial charge in [0.25, 0.3) is 0 Å². The largest absolute Gasteiger partial charge is 0.444 e. The number of rotatable bonds is 6. The normalized spacial score (nSPS) is 15.8. The summed E-state index contributed by atoms with van der Waals surface area (Å²) in [5, 5.41) is 6.17. The summed E-state index contributed by atoms with van der Waals surface area (Å²) >= 11 is 0. The molecule has 0 saturated carbocycles. The number of nitrogens with one attached hydrogen (secondary N) is 2. The Morgan fingerprint density at radius 2 is 1.87 bits per heavy atom. The van der Waals surface area contributed by atoms with Crippen LogP contribution >= 0.6 is 0 Å². The molecule has 9 heteroatoms. The first-order valence-electron chi connectivity index (χ1n) is 10.3. The summed E-state index contributed by atoms with van der Waals surface area (Å²) in [5.74, 6) is -0.388. The number of ether oxygens (including phenoxy) is 1. The highest BCUT2D eigenvalue weighted by Crippen LogP contribution is 2.12. The van der Waals surface area contributed by atoms with Gasteiger partial charge in [-0.05, 0) is 51.9 Å². The molecule has 1 saturated heterocycles. The molecule has 0 unspecified atom stereocenters. The lowest BCUT2D eigenvalue weighted by molar-refractivity contribution is 0.0145. The molecule has 2 N–H and O–H groups in total. The molecule has 1 aliphatic heterocycles. The first-order valence-corrected chi connectivity index (χ1v) is 10.3. The lowest BCUT2D eigenvalue weighted by Gasteiger charge is -2.35. The topological polar surface area (TPSA) is 69.2 Å². The van der Waals surface area contributed by atoms with E-state index in [1.165, 1.54) is 6.07 Å². The van der Waals surface area contributed by atoms with Crippen LogP contribution < -0.4 is 10.6 Å². The summed E-state index contributed by atoms with van der Waals surface area (Å²) in [5.41, 5.74) is -0.229. The lowest BCUT2D eigenvalue weighted by atomic mass is 10.2. The van der Waals surface area contributed by atoms with Crippen molar-refractivity contribution < 1.29 is 18.3 Å². The number of carbonyl (C=O) groups is 1. The summed E-state index contributed by atoms with van der Waals surface area (Å²) in [6.45, 7) is 10.3. The van der Waals surface area contributed by atoms with E-state index in [4.69, 9.17) is 4.74 Å². The van der Waals surface area contributed by atoms with Crippen molar-refractivity contribution in [3.63, 3.8) is 0 Å². The van der Waals surface area contributed by atoms with Gasteiger partial charge >= 0.3 is 6.09 Å². The van der Waals surface area contributed by atoms with Gasteiger partial charge in [0.05, 0.1) is 0 Å². The van der Waals surface area contributed by atoms with Crippen molar-refractivity contribution in [2.75, 3.05) is 46.3 Å². The SMILES string of the molecule is CN=C(NCCCN1CCN(C(=O)OC(C)(C)C)CC1)NCc1cc(F)ccc1F. The number of halogens is 2. The van der Waals surface area contributed by atoms with Gasteiger partial charge in [-0.3, -0.25) is 9.89 Å². The van der Waals surface area contributed by atoms with Gasteiger partial charge in [-0.1, -0.05) is 0 Å². The molecule has 1 heterocycles. The molecule has 1 fully saturated rings. The molecule has 1 aromatic carbocycles. The van der Waals surface area contributed by atoms with E-state index in [1.807, 2.05) is 20.8 Å². The number of carbonyl (C=O) groups excluding carboxylic acids is 1. The Morgan fingerprint density at radius 3 is 2.50 bits per heavy atom. The smallest absolute Gasteiger partial charge is 0.410 e. The molecule has 1 aromatic rings. The van der Waals surface area contributed by atoms with E-state index in [-0.39, 0.29) is 18.2 Å². The van der Waals surface area contributed by atoms with Crippen LogP contribution in [0.3, 0.4) is 0 Å². The third-order valence-corrected chi connectivity index (χ3v) is 4.65. The number of piperazine rings is 1. The van der Waals surface area contributed by atoms with Crippen LogP contribution in [-0.2, 0) is 11.3 Å². The molecule has 0 bridgehead atoms. The molecule has 30 heavy (non-hydrogen) atoms. The molecular weight excluding hydrogens is 392 g/mol. The number of amides is 1. The van der Waals surface area contributed by atoms with Crippen molar-refractivity contribution in [1.29, 1.82) is 0 Å². The second kappa shape index (κ2) is 11.1. The molecule has 168 valence electrons. The Bertz CT molecular complexity index is 729. The summed E-state index contributed by atoms with van der Waals surface area (Å²) < 4.78 is 32.3. The second-order valence-electron chi connectivity index (χ2n) is 8.25. The third-order valence-electron chi connectivity index (χ3n) is 4.65. The number of hydrogen-bond donors (Lipinski definition) is 2. The Morgan fingerprint density at radius 1 is 1.17 bits per heavy atom. The zero-order valence-corrected chi connectivity index (χ0v) is 18.3. The van der Waals surface area contributed by atoms with Gasteiger partial charge in [0.15, 0.2) is 5.96 Å². The zero-order chi connectivity index (χ0) is 22.1. The highest BCUT2D eigenvalue weighted by atomic mass is 19.1. The van der Waals surface area contributed by atoms with Crippen molar-refractivity contribution in [3.05, 3.63) is 35.4 Å². The van der Waals surface area contributed by atoms with E-state index in [0.717, 1.165) is 38.2 Å². The Kier molecular flexibility index (Phi) is 8.83. The molecule has 0 radical (unpaired) electrons. The quantitative estimate of drug-likeness (QED) is 0.417. The van der Waals surface area contributed by atoms with Gasteiger partial charge in [-0.2, -0.15) is 0 Å². The van der Waals surface area contributed by atoms with Gasteiger partial charge < -0.3 is 20.3 Å². The van der Waals surface area contributed by atoms with Gasteiger partial charge in [-0.25, -0.2) is 13.6 Å². The van der Waals surface area contributed by atoms with Gasteiger partial charge in [0.2, 0.25) is 0 Å². The minimum absolute atomic E-state index is 0.149. The van der Waals surface area contributed by atoms with E-state index in [1.54, 1.807) is 11.9 Å². The van der Waals surface area contributed by atoms with E-state index in [9.17, 15) is 13.6 Å². The molecule has 0 aromatic heterocycles. The average Bonchev–Trinajstić information content (AvgIpc) is 2.69. The number of guanidine groups is 1. The van der Waals surface area contributed by atoms with Crippen LogP contribution in [0.4, 0.5) is 13.6 Å². The first-order chi connectivity index (χ1) is 14.2. The van der Waals surface area contributed by atoms with E-state index >= 15 is 0 Å². The zero-order valence-electron chi connectivity index (χ0n) is 18.3. The summed E-state index contributed by atoms with van der Waals surface area (Å²) in [4.78, 5) is 20.3. The van der Waals surface area contributed by atoms with Crippen LogP contribution in [0.5, 0.6) is 0 Å². The van der Waals surface area contributed by atoms with Crippen LogP contribution in [0.2, 0.25) is 0 Å². The molecule has 1 amide bonds. The van der Waals surface area contributed by atoms with Crippen LogP contribution in [0, 0.1) is 11.6 Å². The minimum atomic E-state index is -0.479. The fourth-order valence-electron chi connectivity index (χ4n) is 3.07. The van der Waals surface area contributed by atoms with Crippen LogP contribution in [0.25, 0.3) is 0 Å². The molecule has 1 aliphatic rings. The minimum Gasteiger partial charge on any atom is -0.444 e.